The Morgan fingerprint density at radius 1 is 0.805 bits per heavy atom. The van der Waals surface area contributed by atoms with Gasteiger partial charge < -0.3 is 14.5 Å². The standard InChI is InChI=1S/C33H24FN5O2/c1-40-25-12-22(11-24(34)15-25)27-9-10-36-33-28(27)16-31(37-33)32-29-14-21(7-8-30(29)38-39-32)23-13-26(18-35-17-23)41-19-20-5-3-2-4-6-20/h2-18H,19H2,1H3,(H,36,37)(H,38,39). The van der Waals surface area contributed by atoms with Gasteiger partial charge in [0.25, 0.3) is 0 Å². The molecule has 0 saturated carbocycles. The smallest absolute Gasteiger partial charge is 0.138 e. The number of nitrogens with zero attached hydrogens (tertiary/aromatic N) is 3. The van der Waals surface area contributed by atoms with E-state index in [4.69, 9.17) is 9.47 Å². The summed E-state index contributed by atoms with van der Waals surface area (Å²) < 4.78 is 25.6. The Hall–Kier alpha value is -5.50. The Kier molecular flexibility index (Phi) is 6.13. The van der Waals surface area contributed by atoms with Gasteiger partial charge in [-0.3, -0.25) is 10.1 Å². The number of halogens is 1. The number of pyridine rings is 2. The summed E-state index contributed by atoms with van der Waals surface area (Å²) in [7, 11) is 1.52. The van der Waals surface area contributed by atoms with Crippen molar-refractivity contribution in [2.45, 2.75) is 6.61 Å². The van der Waals surface area contributed by atoms with Crippen molar-refractivity contribution in [3.8, 4) is 45.1 Å². The fraction of sp³-hybridized carbons (Fsp3) is 0.0606. The molecule has 4 aromatic heterocycles. The molecular formula is C33H24FN5O2. The minimum Gasteiger partial charge on any atom is -0.497 e. The number of rotatable bonds is 7. The molecule has 0 amide bonds. The first kappa shape index (κ1) is 24.5. The number of H-pyrrole nitrogens is 2. The lowest BCUT2D eigenvalue weighted by atomic mass is 10.0. The fourth-order valence-corrected chi connectivity index (χ4v) is 5.04. The van der Waals surface area contributed by atoms with E-state index in [-0.39, 0.29) is 5.82 Å². The van der Waals surface area contributed by atoms with E-state index in [9.17, 15) is 4.39 Å². The molecule has 2 N–H and O–H groups in total. The Balaban J connectivity index is 1.24. The molecule has 8 heteroatoms. The number of fused-ring (bicyclic) bond motifs is 2. The second kappa shape index (κ2) is 10.2. The molecule has 0 aliphatic carbocycles. The number of nitrogens with one attached hydrogen (secondary N) is 2. The normalized spacial score (nSPS) is 11.3. The van der Waals surface area contributed by atoms with Gasteiger partial charge in [0, 0.05) is 34.8 Å². The van der Waals surface area contributed by atoms with Gasteiger partial charge in [-0.25, -0.2) is 9.37 Å². The van der Waals surface area contributed by atoms with Crippen LogP contribution < -0.4 is 9.47 Å². The molecule has 7 rings (SSSR count). The van der Waals surface area contributed by atoms with Gasteiger partial charge in [-0.2, -0.15) is 5.10 Å². The van der Waals surface area contributed by atoms with Crippen molar-refractivity contribution >= 4 is 21.9 Å². The molecule has 0 aliphatic rings. The summed E-state index contributed by atoms with van der Waals surface area (Å²) in [6.07, 6.45) is 5.25. The zero-order chi connectivity index (χ0) is 27.8. The van der Waals surface area contributed by atoms with E-state index in [1.54, 1.807) is 12.4 Å². The number of methoxy groups -OCH3 is 1. The summed E-state index contributed by atoms with van der Waals surface area (Å²) in [5.41, 5.74) is 7.69. The van der Waals surface area contributed by atoms with Gasteiger partial charge in [0.1, 0.15) is 35.3 Å². The number of hydrogen-bond acceptors (Lipinski definition) is 5. The third kappa shape index (κ3) is 4.76. The van der Waals surface area contributed by atoms with E-state index in [1.807, 2.05) is 72.9 Å². The van der Waals surface area contributed by atoms with Crippen LogP contribution >= 0.6 is 0 Å². The molecular weight excluding hydrogens is 517 g/mol. The first-order valence-electron chi connectivity index (χ1n) is 13.1. The highest BCUT2D eigenvalue weighted by atomic mass is 19.1. The molecule has 200 valence electrons. The number of ether oxygens (including phenoxy) is 2. The molecule has 0 aliphatic heterocycles. The molecule has 7 nitrogen and oxygen atoms in total. The first-order valence-corrected chi connectivity index (χ1v) is 13.1. The Bertz CT molecular complexity index is 2020. The highest BCUT2D eigenvalue weighted by molar-refractivity contribution is 6.00. The maximum atomic E-state index is 14.3. The maximum Gasteiger partial charge on any atom is 0.138 e. The van der Waals surface area contributed by atoms with E-state index in [0.717, 1.165) is 49.9 Å². The van der Waals surface area contributed by atoms with Crippen molar-refractivity contribution in [1.82, 2.24) is 25.1 Å². The third-order valence-corrected chi connectivity index (χ3v) is 7.06. The molecule has 4 heterocycles. The van der Waals surface area contributed by atoms with E-state index in [1.165, 1.54) is 19.2 Å². The topological polar surface area (TPSA) is 88.7 Å². The highest BCUT2D eigenvalue weighted by Gasteiger charge is 2.16. The second-order valence-electron chi connectivity index (χ2n) is 9.70. The quantitative estimate of drug-likeness (QED) is 0.217. The molecule has 0 bridgehead atoms. The van der Waals surface area contributed by atoms with Crippen LogP contribution in [0.2, 0.25) is 0 Å². The molecule has 7 aromatic rings. The average Bonchev–Trinajstić information content (AvgIpc) is 3.64. The number of aromatic amines is 2. The minimum atomic E-state index is -0.366. The summed E-state index contributed by atoms with van der Waals surface area (Å²) in [5.74, 6) is 0.785. The van der Waals surface area contributed by atoms with Crippen LogP contribution in [0.15, 0.2) is 104 Å². The lowest BCUT2D eigenvalue weighted by Gasteiger charge is -2.08. The van der Waals surface area contributed by atoms with Crippen molar-refractivity contribution < 1.29 is 13.9 Å². The fourth-order valence-electron chi connectivity index (χ4n) is 5.04. The van der Waals surface area contributed by atoms with Crippen LogP contribution in [0.1, 0.15) is 5.56 Å². The van der Waals surface area contributed by atoms with Gasteiger partial charge in [-0.05, 0) is 64.7 Å². The molecule has 41 heavy (non-hydrogen) atoms. The van der Waals surface area contributed by atoms with Gasteiger partial charge in [0.15, 0.2) is 0 Å². The summed E-state index contributed by atoms with van der Waals surface area (Å²) in [5, 5.41) is 9.55. The van der Waals surface area contributed by atoms with Crippen LogP contribution in [0.5, 0.6) is 11.5 Å². The number of hydrogen-bond donors (Lipinski definition) is 2. The van der Waals surface area contributed by atoms with E-state index >= 15 is 0 Å². The average molecular weight is 542 g/mol. The summed E-state index contributed by atoms with van der Waals surface area (Å²) >= 11 is 0. The molecule has 0 fully saturated rings. The van der Waals surface area contributed by atoms with Crippen molar-refractivity contribution in [3.05, 3.63) is 115 Å². The third-order valence-electron chi connectivity index (χ3n) is 7.06. The van der Waals surface area contributed by atoms with E-state index < -0.39 is 0 Å². The van der Waals surface area contributed by atoms with Crippen LogP contribution in [0.25, 0.3) is 55.6 Å². The van der Waals surface area contributed by atoms with Crippen LogP contribution in [-0.4, -0.2) is 32.3 Å². The number of aromatic nitrogens is 5. The molecule has 0 unspecified atom stereocenters. The van der Waals surface area contributed by atoms with Crippen molar-refractivity contribution in [3.63, 3.8) is 0 Å². The lowest BCUT2D eigenvalue weighted by molar-refractivity contribution is 0.305. The van der Waals surface area contributed by atoms with Gasteiger partial charge >= 0.3 is 0 Å². The van der Waals surface area contributed by atoms with Crippen LogP contribution in [0.4, 0.5) is 4.39 Å². The molecule has 0 radical (unpaired) electrons. The minimum absolute atomic E-state index is 0.366. The predicted molar refractivity (Wildman–Crippen MR) is 157 cm³/mol. The second-order valence-corrected chi connectivity index (χ2v) is 9.70. The Morgan fingerprint density at radius 2 is 1.68 bits per heavy atom. The van der Waals surface area contributed by atoms with Crippen LogP contribution in [-0.2, 0) is 6.61 Å². The van der Waals surface area contributed by atoms with Crippen LogP contribution in [0, 0.1) is 5.82 Å². The first-order chi connectivity index (χ1) is 20.1. The largest absolute Gasteiger partial charge is 0.497 e. The van der Waals surface area contributed by atoms with Gasteiger partial charge in [0.2, 0.25) is 0 Å². The summed E-state index contributed by atoms with van der Waals surface area (Å²) in [4.78, 5) is 12.3. The van der Waals surface area contributed by atoms with E-state index in [2.05, 4.69) is 31.2 Å². The molecule has 0 spiro atoms. The highest BCUT2D eigenvalue weighted by Crippen LogP contribution is 2.36. The molecule has 0 saturated heterocycles. The van der Waals surface area contributed by atoms with Crippen molar-refractivity contribution in [2.75, 3.05) is 7.11 Å². The lowest BCUT2D eigenvalue weighted by Crippen LogP contribution is -1.95. The van der Waals surface area contributed by atoms with Crippen molar-refractivity contribution in [1.29, 1.82) is 0 Å². The molecule has 0 atom stereocenters. The summed E-state index contributed by atoms with van der Waals surface area (Å²) in [6.45, 7) is 0.468. The van der Waals surface area contributed by atoms with Crippen LogP contribution in [0.3, 0.4) is 0 Å². The number of benzene rings is 3. The maximum absolute atomic E-state index is 14.3. The van der Waals surface area contributed by atoms with E-state index in [0.29, 0.717) is 29.3 Å². The molecule has 3 aromatic carbocycles. The zero-order valence-electron chi connectivity index (χ0n) is 22.1. The zero-order valence-corrected chi connectivity index (χ0v) is 22.1. The van der Waals surface area contributed by atoms with Gasteiger partial charge in [-0.15, -0.1) is 0 Å². The Labute approximate surface area is 234 Å². The predicted octanol–water partition coefficient (Wildman–Crippen LogP) is 7.56. The monoisotopic (exact) mass is 541 g/mol. The van der Waals surface area contributed by atoms with Gasteiger partial charge in [-0.1, -0.05) is 36.4 Å². The van der Waals surface area contributed by atoms with Gasteiger partial charge in [0.05, 0.1) is 24.5 Å². The summed E-state index contributed by atoms with van der Waals surface area (Å²) in [6, 6.07) is 26.7. The SMILES string of the molecule is COc1cc(F)cc(-c2ccnc3[nH]c(-c4n[nH]c5ccc(-c6cncc(OCc7ccccc7)c6)cc45)cc23)c1. The Morgan fingerprint density at radius 3 is 2.56 bits per heavy atom. The van der Waals surface area contributed by atoms with Crippen molar-refractivity contribution in [2.24, 2.45) is 0 Å².